The molecule has 0 N–H and O–H groups in total. The highest BCUT2D eigenvalue weighted by atomic mass is 28.3. The Balaban J connectivity index is 1.62. The number of ether oxygens (including phenoxy) is 1. The summed E-state index contributed by atoms with van der Waals surface area (Å²) in [6.07, 6.45) is 11.4. The van der Waals surface area contributed by atoms with Crippen molar-refractivity contribution in [3.05, 3.63) is 143 Å². The molecule has 1 aliphatic rings. The van der Waals surface area contributed by atoms with Gasteiger partial charge in [0.05, 0.1) is 8.07 Å². The first kappa shape index (κ1) is 41.5. The Bertz CT molecular complexity index is 2050. The first-order valence-corrected chi connectivity index (χ1v) is 24.7. The second-order valence-electron chi connectivity index (χ2n) is 19.0. The molecule has 6 rings (SSSR count). The van der Waals surface area contributed by atoms with E-state index in [-0.39, 0.29) is 16.4 Å². The monoisotopic (exact) mass is 761 g/mol. The maximum atomic E-state index is 6.86. The normalized spacial score (nSPS) is 13.1. The molecule has 0 amide bonds. The van der Waals surface area contributed by atoms with Gasteiger partial charge in [-0.2, -0.15) is 0 Å². The fraction of sp³-hybridized carbons (Fsp3) is 0.407. The Morgan fingerprint density at radius 3 is 1.59 bits per heavy atom. The smallest absolute Gasteiger partial charge is 0.122 e. The lowest BCUT2D eigenvalue weighted by Gasteiger charge is -2.35. The summed E-state index contributed by atoms with van der Waals surface area (Å²) >= 11 is 0. The summed E-state index contributed by atoms with van der Waals surface area (Å²) < 4.78 is 6.86. The quantitative estimate of drug-likeness (QED) is 0.0587. The molecule has 2 heteroatoms. The average Bonchev–Trinajstić information content (AvgIpc) is 3.50. The Morgan fingerprint density at radius 1 is 0.607 bits per heavy atom. The van der Waals surface area contributed by atoms with Gasteiger partial charge in [0.15, 0.2) is 0 Å². The Hall–Kier alpha value is -4.14. The van der Waals surface area contributed by atoms with Crippen LogP contribution in [0.2, 0.25) is 13.1 Å². The molecule has 0 saturated heterocycles. The van der Waals surface area contributed by atoms with Crippen LogP contribution in [0.3, 0.4) is 0 Å². The molecule has 0 spiro atoms. The molecule has 0 radical (unpaired) electrons. The van der Waals surface area contributed by atoms with Gasteiger partial charge in [0.25, 0.3) is 0 Å². The molecule has 0 unspecified atom stereocenters. The first-order valence-electron chi connectivity index (χ1n) is 21.6. The highest BCUT2D eigenvalue weighted by molar-refractivity contribution is 6.92. The molecule has 5 aromatic rings. The van der Waals surface area contributed by atoms with Crippen molar-refractivity contribution in [3.63, 3.8) is 0 Å². The van der Waals surface area contributed by atoms with Crippen LogP contribution < -0.4 is 9.92 Å². The number of benzene rings is 5. The second kappa shape index (κ2) is 17.1. The molecular formula is C54H68OSi. The van der Waals surface area contributed by atoms with E-state index in [9.17, 15) is 0 Å². The van der Waals surface area contributed by atoms with E-state index < -0.39 is 8.07 Å². The van der Waals surface area contributed by atoms with E-state index in [0.717, 1.165) is 18.6 Å². The van der Waals surface area contributed by atoms with Crippen molar-refractivity contribution in [2.45, 2.75) is 136 Å². The van der Waals surface area contributed by atoms with E-state index in [1.807, 2.05) is 6.08 Å². The van der Waals surface area contributed by atoms with Crippen LogP contribution in [0.25, 0.3) is 33.4 Å². The van der Waals surface area contributed by atoms with E-state index >= 15 is 0 Å². The minimum atomic E-state index is -2.41. The molecular weight excluding hydrogens is 693 g/mol. The second-order valence-corrected chi connectivity index (χ2v) is 23.6. The zero-order valence-corrected chi connectivity index (χ0v) is 37.4. The number of fused-ring (bicyclic) bond motifs is 3. The van der Waals surface area contributed by atoms with Crippen LogP contribution in [0.15, 0.2) is 110 Å². The van der Waals surface area contributed by atoms with Crippen molar-refractivity contribution in [2.24, 2.45) is 0 Å². The van der Waals surface area contributed by atoms with Crippen molar-refractivity contribution in [1.82, 2.24) is 0 Å². The highest BCUT2D eigenvalue weighted by Gasteiger charge is 2.44. The van der Waals surface area contributed by atoms with Gasteiger partial charge in [-0.15, -0.1) is 0 Å². The Morgan fingerprint density at radius 2 is 1.11 bits per heavy atom. The van der Waals surface area contributed by atoms with Crippen molar-refractivity contribution >= 4 is 13.3 Å². The van der Waals surface area contributed by atoms with Gasteiger partial charge in [0.1, 0.15) is 12.4 Å². The molecule has 56 heavy (non-hydrogen) atoms. The van der Waals surface area contributed by atoms with Gasteiger partial charge < -0.3 is 4.74 Å². The first-order chi connectivity index (χ1) is 26.7. The van der Waals surface area contributed by atoms with Crippen LogP contribution in [0.4, 0.5) is 0 Å². The van der Waals surface area contributed by atoms with Gasteiger partial charge in [-0.25, -0.2) is 0 Å². The summed E-state index contributed by atoms with van der Waals surface area (Å²) in [5.41, 5.74) is 17.0. The van der Waals surface area contributed by atoms with Crippen molar-refractivity contribution < 1.29 is 4.74 Å². The number of hydrogen-bond acceptors (Lipinski definition) is 1. The maximum Gasteiger partial charge on any atom is 0.122 e. The van der Waals surface area contributed by atoms with Gasteiger partial charge in [-0.1, -0.05) is 204 Å². The number of unbranched alkanes of at least 4 members (excludes halogenated alkanes) is 4. The minimum Gasteiger partial charge on any atom is -0.489 e. The Kier molecular flexibility index (Phi) is 12.7. The highest BCUT2D eigenvalue weighted by Crippen LogP contribution is 2.52. The minimum absolute atomic E-state index is 0.0329. The van der Waals surface area contributed by atoms with Crippen LogP contribution in [-0.4, -0.2) is 14.7 Å². The molecule has 5 aromatic carbocycles. The average molecular weight is 761 g/mol. The fourth-order valence-electron chi connectivity index (χ4n) is 9.33. The molecule has 1 aliphatic carbocycles. The van der Waals surface area contributed by atoms with Crippen molar-refractivity contribution in [2.75, 3.05) is 6.61 Å². The van der Waals surface area contributed by atoms with E-state index in [4.69, 9.17) is 4.74 Å². The molecule has 294 valence electrons. The lowest BCUT2D eigenvalue weighted by atomic mass is 9.81. The summed E-state index contributed by atoms with van der Waals surface area (Å²) in [5.74, 6) is 1.13. The zero-order chi connectivity index (χ0) is 40.3. The SMILES string of the molecule is C=CCOc1c(CCCCC)cc(CCCCC)cc1[Si](C)(C)C1c2cc(-c3ccccc3C(C)(C)C)ccc2-c2ccc(-c3ccccc3C(C)(C)C)cc21. The lowest BCUT2D eigenvalue weighted by Crippen LogP contribution is -2.49. The lowest BCUT2D eigenvalue weighted by molar-refractivity contribution is 0.361. The molecule has 0 aromatic heterocycles. The Labute approximate surface area is 341 Å². The predicted octanol–water partition coefficient (Wildman–Crippen LogP) is 14.9. The van der Waals surface area contributed by atoms with Crippen molar-refractivity contribution in [1.29, 1.82) is 0 Å². The molecule has 0 heterocycles. The zero-order valence-electron chi connectivity index (χ0n) is 36.4. The molecule has 1 nitrogen and oxygen atoms in total. The molecule has 0 aliphatic heterocycles. The number of hydrogen-bond donors (Lipinski definition) is 0. The van der Waals surface area contributed by atoms with E-state index in [1.54, 1.807) is 0 Å². The van der Waals surface area contributed by atoms with Crippen molar-refractivity contribution in [3.8, 4) is 39.1 Å². The van der Waals surface area contributed by atoms with Gasteiger partial charge in [-0.05, 0) is 108 Å². The summed E-state index contributed by atoms with van der Waals surface area (Å²) in [4.78, 5) is 0. The predicted molar refractivity (Wildman–Crippen MR) is 248 cm³/mol. The van der Waals surface area contributed by atoms with E-state index in [1.165, 1.54) is 110 Å². The summed E-state index contributed by atoms with van der Waals surface area (Å²) in [7, 11) is -2.41. The van der Waals surface area contributed by atoms with Crippen LogP contribution in [0.5, 0.6) is 5.75 Å². The van der Waals surface area contributed by atoms with Gasteiger partial charge in [-0.3, -0.25) is 0 Å². The van der Waals surface area contributed by atoms with Gasteiger partial charge in [0.2, 0.25) is 0 Å². The van der Waals surface area contributed by atoms with E-state index in [2.05, 4.69) is 172 Å². The van der Waals surface area contributed by atoms with Gasteiger partial charge >= 0.3 is 0 Å². The molecule has 0 atom stereocenters. The summed E-state index contributed by atoms with van der Waals surface area (Å²) in [5, 5.41) is 1.46. The molecule has 0 bridgehead atoms. The fourth-order valence-corrected chi connectivity index (χ4v) is 13.0. The summed E-state index contributed by atoms with van der Waals surface area (Å²) in [6, 6.07) is 37.9. The summed E-state index contributed by atoms with van der Waals surface area (Å²) in [6.45, 7) is 28.5. The van der Waals surface area contributed by atoms with E-state index in [0.29, 0.717) is 6.61 Å². The molecule has 0 fully saturated rings. The van der Waals surface area contributed by atoms with Crippen LogP contribution in [0.1, 0.15) is 133 Å². The van der Waals surface area contributed by atoms with Gasteiger partial charge in [0, 0.05) is 5.54 Å². The third kappa shape index (κ3) is 8.57. The number of aryl methyl sites for hydroxylation is 2. The molecule has 0 saturated carbocycles. The standard InChI is InChI=1S/C54H68OSi/c1-12-15-17-23-38-34-41(24-18-16-13-2)51(55-33-14-3)50(35-38)56(10,11)52-46-36-39(42-25-19-21-27-48(42)53(4,5)6)29-31-44(46)45-32-30-40(37-47(45)52)43-26-20-22-28-49(43)54(7,8)9/h14,19-22,25-32,34-37,52H,3,12-13,15-18,23-24,33H2,1-2,4-11H3. The topological polar surface area (TPSA) is 9.23 Å². The van der Waals surface area contributed by atoms with Crippen LogP contribution in [0, 0.1) is 0 Å². The largest absolute Gasteiger partial charge is 0.489 e. The third-order valence-corrected chi connectivity index (χ3v) is 16.0. The maximum absolute atomic E-state index is 6.86. The third-order valence-electron chi connectivity index (χ3n) is 12.2. The number of rotatable bonds is 15. The van der Waals surface area contributed by atoms with Crippen LogP contribution in [-0.2, 0) is 23.7 Å². The van der Waals surface area contributed by atoms with Crippen LogP contribution >= 0.6 is 0 Å².